The molecule has 0 radical (unpaired) electrons. The summed E-state index contributed by atoms with van der Waals surface area (Å²) in [7, 11) is -3.54. The number of benzene rings is 4. The topological polar surface area (TPSA) is 105 Å². The van der Waals surface area contributed by atoms with Gasteiger partial charge < -0.3 is 15.0 Å². The lowest BCUT2D eigenvalue weighted by Gasteiger charge is -2.43. The van der Waals surface area contributed by atoms with Crippen LogP contribution in [0.2, 0.25) is 0 Å². The Labute approximate surface area is 307 Å². The first-order valence-electron chi connectivity index (χ1n) is 17.3. The minimum Gasteiger partial charge on any atom is -0.444 e. The number of hydrogen-bond donors (Lipinski definition) is 2. The summed E-state index contributed by atoms with van der Waals surface area (Å²) in [6, 6.07) is 37.7. The van der Waals surface area contributed by atoms with Crippen LogP contribution in [0.4, 0.5) is 4.79 Å². The van der Waals surface area contributed by atoms with Crippen LogP contribution in [0.5, 0.6) is 0 Å². The number of rotatable bonds is 12. The molecule has 10 heteroatoms. The first-order chi connectivity index (χ1) is 24.2. The Balaban J connectivity index is 1.47. The lowest BCUT2D eigenvalue weighted by Crippen LogP contribution is -2.59. The van der Waals surface area contributed by atoms with Crippen molar-refractivity contribution in [2.45, 2.75) is 68.9 Å². The lowest BCUT2D eigenvalue weighted by molar-refractivity contribution is -0.134. The molecule has 0 bridgehead atoms. The summed E-state index contributed by atoms with van der Waals surface area (Å²) >= 11 is 1.59. The van der Waals surface area contributed by atoms with Crippen LogP contribution in [-0.2, 0) is 30.7 Å². The molecule has 2 N–H and O–H groups in total. The highest BCUT2D eigenvalue weighted by Gasteiger charge is 2.42. The minimum absolute atomic E-state index is 0.236. The van der Waals surface area contributed by atoms with Gasteiger partial charge in [-0.1, -0.05) is 115 Å². The smallest absolute Gasteiger partial charge is 0.408 e. The number of likely N-dealkylation sites (tertiary alicyclic amines) is 1. The van der Waals surface area contributed by atoms with Gasteiger partial charge in [0, 0.05) is 24.4 Å². The lowest BCUT2D eigenvalue weighted by atomic mass is 9.81. The summed E-state index contributed by atoms with van der Waals surface area (Å²) in [4.78, 5) is 29.6. The number of nitrogens with zero attached hydrogens (tertiary/aromatic N) is 1. The van der Waals surface area contributed by atoms with Crippen molar-refractivity contribution in [3.63, 3.8) is 0 Å². The van der Waals surface area contributed by atoms with Crippen molar-refractivity contribution >= 4 is 33.8 Å². The van der Waals surface area contributed by atoms with Gasteiger partial charge in [0.25, 0.3) is 0 Å². The zero-order chi connectivity index (χ0) is 36.7. The molecule has 1 saturated heterocycles. The molecule has 0 saturated carbocycles. The van der Waals surface area contributed by atoms with Gasteiger partial charge in [0.05, 0.1) is 11.0 Å². The molecule has 8 nitrogen and oxygen atoms in total. The highest BCUT2D eigenvalue weighted by Crippen LogP contribution is 2.48. The monoisotopic (exact) mass is 727 g/mol. The number of piperidine rings is 1. The fraction of sp³-hybridized carbons (Fsp3) is 0.366. The van der Waals surface area contributed by atoms with Crippen LogP contribution >= 0.6 is 11.8 Å². The van der Waals surface area contributed by atoms with Gasteiger partial charge in [0.1, 0.15) is 11.6 Å². The van der Waals surface area contributed by atoms with Crippen LogP contribution in [0.1, 0.15) is 61.4 Å². The molecule has 1 aliphatic heterocycles. The Hall–Kier alpha value is -4.12. The average Bonchev–Trinajstić information content (AvgIpc) is 3.09. The summed E-state index contributed by atoms with van der Waals surface area (Å²) in [6.45, 7) is 8.04. The SMILES string of the molecule is Cc1ccccc1CC1(NS(C)(=O)=O)CCN(C(=O)[C@H](CSC(c2ccccc2)(c2ccccc2)c2ccccc2)NC(=O)OC(C)(C)C)CC1. The van der Waals surface area contributed by atoms with E-state index in [1.807, 2.05) is 85.8 Å². The van der Waals surface area contributed by atoms with Crippen LogP contribution in [0.15, 0.2) is 115 Å². The molecule has 0 aliphatic carbocycles. The van der Waals surface area contributed by atoms with E-state index in [1.165, 1.54) is 6.26 Å². The van der Waals surface area contributed by atoms with E-state index in [-0.39, 0.29) is 11.7 Å². The summed E-state index contributed by atoms with van der Waals surface area (Å²) < 4.78 is 33.1. The number of amides is 2. The molecule has 1 heterocycles. The molecule has 270 valence electrons. The van der Waals surface area contributed by atoms with Crippen LogP contribution in [0.25, 0.3) is 0 Å². The quantitative estimate of drug-likeness (QED) is 0.152. The summed E-state index contributed by atoms with van der Waals surface area (Å²) in [5.74, 6) is 0.00345. The molecular weight excluding hydrogens is 679 g/mol. The van der Waals surface area contributed by atoms with E-state index in [1.54, 1.807) is 37.4 Å². The molecule has 2 amide bonds. The molecule has 4 aromatic rings. The van der Waals surface area contributed by atoms with E-state index in [0.29, 0.717) is 32.4 Å². The molecule has 0 spiro atoms. The maximum absolute atomic E-state index is 14.5. The second-order valence-electron chi connectivity index (χ2n) is 14.4. The van der Waals surface area contributed by atoms with E-state index in [2.05, 4.69) is 46.4 Å². The van der Waals surface area contributed by atoms with Crippen molar-refractivity contribution < 1.29 is 22.7 Å². The van der Waals surface area contributed by atoms with E-state index < -0.39 is 38.0 Å². The second-order valence-corrected chi connectivity index (χ2v) is 17.4. The Kier molecular flexibility index (Phi) is 12.0. The Morgan fingerprint density at radius 2 is 1.27 bits per heavy atom. The zero-order valence-corrected chi connectivity index (χ0v) is 31.7. The van der Waals surface area contributed by atoms with Gasteiger partial charge in [0.2, 0.25) is 15.9 Å². The number of carbonyl (C=O) groups excluding carboxylic acids is 2. The minimum atomic E-state index is -3.54. The standard InChI is InChI=1S/C41H49N3O5S2/c1-31-17-15-16-18-32(31)29-40(43-51(5,47)48)25-27-44(28-26-40)37(45)36(42-38(46)49-39(2,3)4)30-50-41(33-19-9-6-10-20-33,34-21-11-7-12-22-34)35-23-13-8-14-24-35/h6-24,36,43H,25-30H2,1-5H3,(H,42,46)/t36-/m0/s1. The fourth-order valence-electron chi connectivity index (χ4n) is 6.86. The summed E-state index contributed by atoms with van der Waals surface area (Å²) in [5, 5.41) is 2.92. The van der Waals surface area contributed by atoms with Gasteiger partial charge in [0.15, 0.2) is 0 Å². The Bertz CT molecular complexity index is 1780. The van der Waals surface area contributed by atoms with Crippen molar-refractivity contribution in [2.75, 3.05) is 25.1 Å². The highest BCUT2D eigenvalue weighted by atomic mass is 32.2. The first-order valence-corrected chi connectivity index (χ1v) is 20.2. The van der Waals surface area contributed by atoms with Crippen molar-refractivity contribution in [1.29, 1.82) is 0 Å². The molecule has 4 aromatic carbocycles. The number of ether oxygens (including phenoxy) is 1. The van der Waals surface area contributed by atoms with Gasteiger partial charge in [-0.15, -0.1) is 11.8 Å². The second kappa shape index (κ2) is 16.0. The van der Waals surface area contributed by atoms with Crippen LogP contribution in [-0.4, -0.2) is 67.6 Å². The van der Waals surface area contributed by atoms with Crippen LogP contribution in [0.3, 0.4) is 0 Å². The number of sulfonamides is 1. The molecule has 0 unspecified atom stereocenters. The zero-order valence-electron chi connectivity index (χ0n) is 30.1. The van der Waals surface area contributed by atoms with E-state index in [0.717, 1.165) is 27.8 Å². The third-order valence-corrected chi connectivity index (χ3v) is 11.7. The normalized spacial score (nSPS) is 15.5. The summed E-state index contributed by atoms with van der Waals surface area (Å²) in [5.41, 5.74) is 3.77. The van der Waals surface area contributed by atoms with E-state index in [4.69, 9.17) is 4.74 Å². The number of hydrogen-bond acceptors (Lipinski definition) is 6. The third-order valence-electron chi connectivity index (χ3n) is 9.22. The summed E-state index contributed by atoms with van der Waals surface area (Å²) in [6.07, 6.45) is 1.87. The number of alkyl carbamates (subject to hydrolysis) is 1. The van der Waals surface area contributed by atoms with Crippen molar-refractivity contribution in [3.8, 4) is 0 Å². The molecule has 51 heavy (non-hydrogen) atoms. The van der Waals surface area contributed by atoms with Crippen molar-refractivity contribution in [1.82, 2.24) is 14.9 Å². The maximum Gasteiger partial charge on any atom is 0.408 e. The highest BCUT2D eigenvalue weighted by molar-refractivity contribution is 8.00. The van der Waals surface area contributed by atoms with Gasteiger partial charge in [-0.05, 0) is 74.8 Å². The predicted octanol–water partition coefficient (Wildman–Crippen LogP) is 7.07. The van der Waals surface area contributed by atoms with Crippen molar-refractivity contribution in [2.24, 2.45) is 0 Å². The van der Waals surface area contributed by atoms with Crippen LogP contribution in [0, 0.1) is 6.92 Å². The fourth-order valence-corrected chi connectivity index (χ4v) is 9.47. The predicted molar refractivity (Wildman–Crippen MR) is 206 cm³/mol. The van der Waals surface area contributed by atoms with E-state index >= 15 is 0 Å². The largest absolute Gasteiger partial charge is 0.444 e. The molecule has 5 rings (SSSR count). The van der Waals surface area contributed by atoms with Crippen molar-refractivity contribution in [3.05, 3.63) is 143 Å². The number of aryl methyl sites for hydroxylation is 1. The van der Waals surface area contributed by atoms with E-state index in [9.17, 15) is 18.0 Å². The molecule has 1 aliphatic rings. The van der Waals surface area contributed by atoms with Crippen LogP contribution < -0.4 is 10.0 Å². The average molecular weight is 728 g/mol. The van der Waals surface area contributed by atoms with Gasteiger partial charge in [-0.25, -0.2) is 17.9 Å². The first kappa shape index (κ1) is 38.1. The van der Waals surface area contributed by atoms with Gasteiger partial charge >= 0.3 is 6.09 Å². The number of thioether (sulfide) groups is 1. The molecule has 1 fully saturated rings. The van der Waals surface area contributed by atoms with Gasteiger partial charge in [-0.2, -0.15) is 0 Å². The maximum atomic E-state index is 14.5. The Morgan fingerprint density at radius 1 is 0.804 bits per heavy atom. The Morgan fingerprint density at radius 3 is 1.73 bits per heavy atom. The third kappa shape index (κ3) is 9.81. The van der Waals surface area contributed by atoms with Gasteiger partial charge in [-0.3, -0.25) is 4.79 Å². The molecule has 0 aromatic heterocycles. The number of nitrogens with one attached hydrogen (secondary N) is 2. The number of carbonyl (C=O) groups is 2. The molecule has 1 atom stereocenters. The molecular formula is C41H49N3O5S2.